The smallest absolute Gasteiger partial charge is 0.319 e. The molecule has 2 rings (SSSR count). The summed E-state index contributed by atoms with van der Waals surface area (Å²) in [6, 6.07) is 6.81. The van der Waals surface area contributed by atoms with Crippen LogP contribution in [0.15, 0.2) is 24.3 Å². The highest BCUT2D eigenvalue weighted by atomic mass is 16.4. The molecule has 0 heterocycles. The monoisotopic (exact) mass is 291 g/mol. The Labute approximate surface area is 124 Å². The predicted molar refractivity (Wildman–Crippen MR) is 81.7 cm³/mol. The van der Waals surface area contributed by atoms with E-state index in [1.165, 1.54) is 0 Å². The van der Waals surface area contributed by atoms with Crippen LogP contribution in [0.25, 0.3) is 0 Å². The number of hydrogen-bond acceptors (Lipinski definition) is 3. The van der Waals surface area contributed by atoms with Crippen molar-refractivity contribution in [3.8, 4) is 0 Å². The number of rotatable bonds is 6. The van der Waals surface area contributed by atoms with E-state index in [9.17, 15) is 9.59 Å². The van der Waals surface area contributed by atoms with E-state index in [1.807, 2.05) is 43.3 Å². The molecule has 1 saturated carbocycles. The van der Waals surface area contributed by atoms with Crippen LogP contribution in [0.1, 0.15) is 19.3 Å². The molecule has 1 aliphatic carbocycles. The van der Waals surface area contributed by atoms with Gasteiger partial charge in [0.15, 0.2) is 0 Å². The van der Waals surface area contributed by atoms with Crippen molar-refractivity contribution in [2.75, 3.05) is 24.3 Å². The summed E-state index contributed by atoms with van der Waals surface area (Å²) in [6.45, 7) is 0. The molecule has 1 aromatic rings. The molecule has 0 spiro atoms. The Morgan fingerprint density at radius 1 is 1.29 bits per heavy atom. The fourth-order valence-electron chi connectivity index (χ4n) is 2.20. The number of nitrogens with zero attached hydrogens (tertiary/aromatic N) is 1. The number of aliphatic carboxylic acids is 1. The molecule has 1 fully saturated rings. The van der Waals surface area contributed by atoms with E-state index in [2.05, 4.69) is 10.6 Å². The Hall–Kier alpha value is -2.24. The third-order valence-corrected chi connectivity index (χ3v) is 3.54. The summed E-state index contributed by atoms with van der Waals surface area (Å²) >= 11 is 0. The SMILES string of the molecule is CN(C)c1ccc(NC(=O)NC(CC(=O)O)C2CC2)cc1. The molecule has 6 nitrogen and oxygen atoms in total. The van der Waals surface area contributed by atoms with E-state index < -0.39 is 5.97 Å². The first-order chi connectivity index (χ1) is 9.95. The predicted octanol–water partition coefficient (Wildman–Crippen LogP) is 2.13. The van der Waals surface area contributed by atoms with Crippen molar-refractivity contribution in [2.24, 2.45) is 5.92 Å². The molecule has 21 heavy (non-hydrogen) atoms. The van der Waals surface area contributed by atoms with E-state index in [0.717, 1.165) is 18.5 Å². The van der Waals surface area contributed by atoms with Crippen LogP contribution in [-0.4, -0.2) is 37.2 Å². The Morgan fingerprint density at radius 3 is 2.38 bits per heavy atom. The average Bonchev–Trinajstić information content (AvgIpc) is 3.22. The van der Waals surface area contributed by atoms with Gasteiger partial charge in [0.25, 0.3) is 0 Å². The van der Waals surface area contributed by atoms with Gasteiger partial charge in [-0.05, 0) is 43.0 Å². The van der Waals surface area contributed by atoms with Gasteiger partial charge >= 0.3 is 12.0 Å². The number of urea groups is 1. The van der Waals surface area contributed by atoms with Crippen molar-refractivity contribution in [1.82, 2.24) is 5.32 Å². The molecule has 0 radical (unpaired) electrons. The minimum absolute atomic E-state index is 0.0301. The van der Waals surface area contributed by atoms with Gasteiger partial charge in [-0.15, -0.1) is 0 Å². The van der Waals surface area contributed by atoms with Crippen molar-refractivity contribution in [3.63, 3.8) is 0 Å². The molecule has 6 heteroatoms. The first-order valence-electron chi connectivity index (χ1n) is 7.02. The fourth-order valence-corrected chi connectivity index (χ4v) is 2.20. The summed E-state index contributed by atoms with van der Waals surface area (Å²) in [4.78, 5) is 24.7. The molecule has 0 aliphatic heterocycles. The Morgan fingerprint density at radius 2 is 1.90 bits per heavy atom. The van der Waals surface area contributed by atoms with Crippen LogP contribution in [0, 0.1) is 5.92 Å². The number of hydrogen-bond donors (Lipinski definition) is 3. The second-order valence-electron chi connectivity index (χ2n) is 5.58. The second-order valence-corrected chi connectivity index (χ2v) is 5.58. The zero-order valence-electron chi connectivity index (χ0n) is 12.3. The molecule has 0 bridgehead atoms. The van der Waals surface area contributed by atoms with Crippen LogP contribution in [0.4, 0.5) is 16.2 Å². The normalized spacial score (nSPS) is 15.1. The Kier molecular flexibility index (Phi) is 4.67. The van der Waals surface area contributed by atoms with Crippen molar-refractivity contribution in [3.05, 3.63) is 24.3 Å². The molecule has 114 valence electrons. The zero-order valence-corrected chi connectivity index (χ0v) is 12.3. The number of nitrogens with one attached hydrogen (secondary N) is 2. The highest BCUT2D eigenvalue weighted by Crippen LogP contribution is 2.34. The maximum absolute atomic E-state index is 11.9. The van der Waals surface area contributed by atoms with Gasteiger partial charge < -0.3 is 20.6 Å². The van der Waals surface area contributed by atoms with Crippen LogP contribution in [-0.2, 0) is 4.79 Å². The second kappa shape index (κ2) is 6.47. The van der Waals surface area contributed by atoms with Gasteiger partial charge in [-0.2, -0.15) is 0 Å². The Balaban J connectivity index is 1.89. The number of anilines is 2. The lowest BCUT2D eigenvalue weighted by molar-refractivity contribution is -0.137. The number of carboxylic acid groups (broad SMARTS) is 1. The quantitative estimate of drug-likeness (QED) is 0.750. The standard InChI is InChI=1S/C15H21N3O3/c1-18(2)12-7-5-11(6-8-12)16-15(21)17-13(9-14(19)20)10-3-4-10/h5-8,10,13H,3-4,9H2,1-2H3,(H,19,20)(H2,16,17,21). The molecule has 1 aromatic carbocycles. The van der Waals surface area contributed by atoms with E-state index in [0.29, 0.717) is 11.6 Å². The summed E-state index contributed by atoms with van der Waals surface area (Å²) in [5, 5.41) is 14.4. The van der Waals surface area contributed by atoms with Gasteiger partial charge in [0.1, 0.15) is 0 Å². The maximum atomic E-state index is 11.9. The molecule has 3 N–H and O–H groups in total. The number of carbonyl (C=O) groups is 2. The highest BCUT2D eigenvalue weighted by Gasteiger charge is 2.33. The molecule has 0 aromatic heterocycles. The van der Waals surface area contributed by atoms with Crippen LogP contribution < -0.4 is 15.5 Å². The van der Waals surface area contributed by atoms with Crippen LogP contribution in [0.3, 0.4) is 0 Å². The van der Waals surface area contributed by atoms with Crippen LogP contribution in [0.5, 0.6) is 0 Å². The fraction of sp³-hybridized carbons (Fsp3) is 0.467. The first-order valence-corrected chi connectivity index (χ1v) is 7.02. The largest absolute Gasteiger partial charge is 0.481 e. The number of carbonyl (C=O) groups excluding carboxylic acids is 1. The van der Waals surface area contributed by atoms with Crippen molar-refractivity contribution < 1.29 is 14.7 Å². The topological polar surface area (TPSA) is 81.7 Å². The molecular formula is C15H21N3O3. The molecular weight excluding hydrogens is 270 g/mol. The van der Waals surface area contributed by atoms with E-state index >= 15 is 0 Å². The minimum Gasteiger partial charge on any atom is -0.481 e. The van der Waals surface area contributed by atoms with Crippen LogP contribution >= 0.6 is 0 Å². The lowest BCUT2D eigenvalue weighted by atomic mass is 10.1. The third kappa shape index (κ3) is 4.66. The van der Waals surface area contributed by atoms with E-state index in [4.69, 9.17) is 5.11 Å². The molecule has 2 amide bonds. The van der Waals surface area contributed by atoms with Gasteiger partial charge in [0, 0.05) is 31.5 Å². The van der Waals surface area contributed by atoms with Gasteiger partial charge in [-0.1, -0.05) is 0 Å². The molecule has 1 unspecified atom stereocenters. The minimum atomic E-state index is -0.887. The van der Waals surface area contributed by atoms with E-state index in [-0.39, 0.29) is 18.5 Å². The summed E-state index contributed by atoms with van der Waals surface area (Å²) in [5.74, 6) is -0.592. The van der Waals surface area contributed by atoms with Gasteiger partial charge in [-0.25, -0.2) is 4.79 Å². The summed E-state index contributed by atoms with van der Waals surface area (Å²) in [6.07, 6.45) is 1.93. The zero-order chi connectivity index (χ0) is 15.4. The Bertz CT molecular complexity index is 509. The van der Waals surface area contributed by atoms with Gasteiger partial charge in [0.2, 0.25) is 0 Å². The summed E-state index contributed by atoms with van der Waals surface area (Å²) < 4.78 is 0. The number of amides is 2. The van der Waals surface area contributed by atoms with Gasteiger partial charge in [0.05, 0.1) is 6.42 Å². The summed E-state index contributed by atoms with van der Waals surface area (Å²) in [7, 11) is 3.89. The first kappa shape index (κ1) is 15.2. The summed E-state index contributed by atoms with van der Waals surface area (Å²) in [5.41, 5.74) is 1.73. The lowest BCUT2D eigenvalue weighted by Crippen LogP contribution is -2.40. The molecule has 1 aliphatic rings. The molecule has 0 saturated heterocycles. The van der Waals surface area contributed by atoms with Crippen molar-refractivity contribution in [1.29, 1.82) is 0 Å². The molecule has 1 atom stereocenters. The lowest BCUT2D eigenvalue weighted by Gasteiger charge is -2.17. The maximum Gasteiger partial charge on any atom is 0.319 e. The average molecular weight is 291 g/mol. The number of carboxylic acids is 1. The van der Waals surface area contributed by atoms with Crippen molar-refractivity contribution >= 4 is 23.4 Å². The van der Waals surface area contributed by atoms with Crippen LogP contribution in [0.2, 0.25) is 0 Å². The highest BCUT2D eigenvalue weighted by molar-refractivity contribution is 5.90. The van der Waals surface area contributed by atoms with E-state index in [1.54, 1.807) is 0 Å². The third-order valence-electron chi connectivity index (χ3n) is 3.54. The van der Waals surface area contributed by atoms with Gasteiger partial charge in [-0.3, -0.25) is 4.79 Å². The van der Waals surface area contributed by atoms with Crippen molar-refractivity contribution in [2.45, 2.75) is 25.3 Å². The number of benzene rings is 1.